The zero-order chi connectivity index (χ0) is 22.1. The molecule has 2 aromatic carbocycles. The van der Waals surface area contributed by atoms with E-state index in [0.29, 0.717) is 35.8 Å². The minimum Gasteiger partial charge on any atom is -0.490 e. The summed E-state index contributed by atoms with van der Waals surface area (Å²) in [6.45, 7) is 8.36. The molecule has 0 aromatic heterocycles. The summed E-state index contributed by atoms with van der Waals surface area (Å²) in [5.74, 6) is -0.0380. The number of ether oxygens (including phenoxy) is 2. The number of rotatable bonds is 10. The van der Waals surface area contributed by atoms with E-state index >= 15 is 0 Å². The van der Waals surface area contributed by atoms with Crippen LogP contribution in [0.4, 0.5) is 4.39 Å². The Kier molecular flexibility index (Phi) is 8.21. The molecule has 0 spiro atoms. The lowest BCUT2D eigenvalue weighted by atomic mass is 9.84. The molecular formula is C23H29FN2O4. The first-order valence-electron chi connectivity index (χ1n) is 9.98. The lowest BCUT2D eigenvalue weighted by Gasteiger charge is -2.26. The normalized spacial score (nSPS) is 11.0. The maximum absolute atomic E-state index is 14.0. The minimum atomic E-state index is -0.591. The monoisotopic (exact) mass is 416 g/mol. The second-order valence-corrected chi connectivity index (χ2v) is 7.35. The van der Waals surface area contributed by atoms with Crippen LogP contribution in [0.25, 0.3) is 0 Å². The highest BCUT2D eigenvalue weighted by Crippen LogP contribution is 2.28. The third kappa shape index (κ3) is 6.20. The van der Waals surface area contributed by atoms with Crippen molar-refractivity contribution in [1.29, 1.82) is 0 Å². The summed E-state index contributed by atoms with van der Waals surface area (Å²) in [5, 5.41) is 5.33. The molecule has 2 amide bonds. The summed E-state index contributed by atoms with van der Waals surface area (Å²) < 4.78 is 25.0. The summed E-state index contributed by atoms with van der Waals surface area (Å²) in [6.07, 6.45) is 0. The predicted molar refractivity (Wildman–Crippen MR) is 114 cm³/mol. The van der Waals surface area contributed by atoms with Gasteiger partial charge in [-0.15, -0.1) is 0 Å². The summed E-state index contributed by atoms with van der Waals surface area (Å²) in [4.78, 5) is 24.6. The van der Waals surface area contributed by atoms with Crippen LogP contribution >= 0.6 is 0 Å². The Morgan fingerprint density at radius 3 is 2.30 bits per heavy atom. The van der Waals surface area contributed by atoms with Gasteiger partial charge in [-0.25, -0.2) is 4.39 Å². The van der Waals surface area contributed by atoms with Crippen molar-refractivity contribution in [3.8, 4) is 11.5 Å². The molecule has 6 nitrogen and oxygen atoms in total. The quantitative estimate of drug-likeness (QED) is 0.622. The first-order chi connectivity index (χ1) is 14.3. The Labute approximate surface area is 176 Å². The van der Waals surface area contributed by atoms with Gasteiger partial charge in [-0.2, -0.15) is 0 Å². The molecule has 0 radical (unpaired) electrons. The number of hydrogen-bond donors (Lipinski definition) is 2. The van der Waals surface area contributed by atoms with Crippen molar-refractivity contribution in [3.63, 3.8) is 0 Å². The number of benzene rings is 2. The Hall–Kier alpha value is -3.09. The van der Waals surface area contributed by atoms with Crippen LogP contribution in [0.1, 0.15) is 43.6 Å². The molecule has 0 saturated carbocycles. The Morgan fingerprint density at radius 1 is 0.967 bits per heavy atom. The van der Waals surface area contributed by atoms with Crippen LogP contribution in [0.15, 0.2) is 42.5 Å². The topological polar surface area (TPSA) is 76.7 Å². The smallest absolute Gasteiger partial charge is 0.251 e. The van der Waals surface area contributed by atoms with Gasteiger partial charge in [0, 0.05) is 17.5 Å². The molecule has 0 aliphatic rings. The van der Waals surface area contributed by atoms with E-state index < -0.39 is 11.3 Å². The first kappa shape index (κ1) is 23.2. The fourth-order valence-corrected chi connectivity index (χ4v) is 2.94. The standard InChI is InChI=1S/C23H29FN2O4/c1-5-29-19-12-11-16(13-20(19)30-6-2)22(28)25-14-21(27)26-15-23(3,4)17-9-7-8-10-18(17)24/h7-13H,5-6,14-15H2,1-4H3,(H,25,28)(H,26,27). The molecule has 0 fully saturated rings. The highest BCUT2D eigenvalue weighted by Gasteiger charge is 2.24. The fraction of sp³-hybridized carbons (Fsp3) is 0.391. The highest BCUT2D eigenvalue weighted by atomic mass is 19.1. The average molecular weight is 416 g/mol. The summed E-state index contributed by atoms with van der Waals surface area (Å²) in [7, 11) is 0. The number of carbonyl (C=O) groups excluding carboxylic acids is 2. The van der Waals surface area contributed by atoms with Gasteiger partial charge in [0.15, 0.2) is 11.5 Å². The van der Waals surface area contributed by atoms with Crippen LogP contribution < -0.4 is 20.1 Å². The Morgan fingerprint density at radius 2 is 1.63 bits per heavy atom. The van der Waals surface area contributed by atoms with Crippen molar-refractivity contribution >= 4 is 11.8 Å². The number of nitrogens with one attached hydrogen (secondary N) is 2. The summed E-state index contributed by atoms with van der Waals surface area (Å²) >= 11 is 0. The number of amides is 2. The molecule has 2 N–H and O–H groups in total. The highest BCUT2D eigenvalue weighted by molar-refractivity contribution is 5.97. The van der Waals surface area contributed by atoms with E-state index in [1.165, 1.54) is 6.07 Å². The van der Waals surface area contributed by atoms with Gasteiger partial charge in [0.2, 0.25) is 5.91 Å². The van der Waals surface area contributed by atoms with E-state index in [1.54, 1.807) is 36.4 Å². The molecule has 7 heteroatoms. The molecule has 2 rings (SSSR count). The fourth-order valence-electron chi connectivity index (χ4n) is 2.94. The lowest BCUT2D eigenvalue weighted by Crippen LogP contribution is -2.42. The maximum Gasteiger partial charge on any atom is 0.251 e. The van der Waals surface area contributed by atoms with Crippen LogP contribution in [-0.2, 0) is 10.2 Å². The van der Waals surface area contributed by atoms with E-state index in [-0.39, 0.29) is 24.8 Å². The molecule has 0 atom stereocenters. The maximum atomic E-state index is 14.0. The van der Waals surface area contributed by atoms with Crippen molar-refractivity contribution in [1.82, 2.24) is 10.6 Å². The molecular weight excluding hydrogens is 387 g/mol. The van der Waals surface area contributed by atoms with Crippen molar-refractivity contribution in [3.05, 3.63) is 59.4 Å². The third-order valence-corrected chi connectivity index (χ3v) is 4.55. The Balaban J connectivity index is 1.92. The lowest BCUT2D eigenvalue weighted by molar-refractivity contribution is -0.120. The van der Waals surface area contributed by atoms with E-state index in [2.05, 4.69) is 10.6 Å². The second kappa shape index (κ2) is 10.6. The van der Waals surface area contributed by atoms with Crippen LogP contribution in [0.5, 0.6) is 11.5 Å². The largest absolute Gasteiger partial charge is 0.490 e. The second-order valence-electron chi connectivity index (χ2n) is 7.35. The van der Waals surface area contributed by atoms with E-state index in [0.717, 1.165) is 0 Å². The number of carbonyl (C=O) groups is 2. The molecule has 0 aliphatic heterocycles. The van der Waals surface area contributed by atoms with E-state index in [1.807, 2.05) is 27.7 Å². The van der Waals surface area contributed by atoms with Gasteiger partial charge in [-0.05, 0) is 43.7 Å². The van der Waals surface area contributed by atoms with Gasteiger partial charge in [-0.3, -0.25) is 9.59 Å². The molecule has 0 unspecified atom stereocenters. The van der Waals surface area contributed by atoms with Crippen LogP contribution in [0.3, 0.4) is 0 Å². The number of hydrogen-bond acceptors (Lipinski definition) is 4. The molecule has 0 aliphatic carbocycles. The van der Waals surface area contributed by atoms with Gasteiger partial charge in [-0.1, -0.05) is 32.0 Å². The molecule has 162 valence electrons. The van der Waals surface area contributed by atoms with Gasteiger partial charge < -0.3 is 20.1 Å². The predicted octanol–water partition coefficient (Wildman–Crippen LogP) is 3.45. The third-order valence-electron chi connectivity index (χ3n) is 4.55. The van der Waals surface area contributed by atoms with Gasteiger partial charge in [0.25, 0.3) is 5.91 Å². The van der Waals surface area contributed by atoms with Crippen LogP contribution in [0, 0.1) is 5.82 Å². The van der Waals surface area contributed by atoms with Crippen molar-refractivity contribution < 1.29 is 23.5 Å². The van der Waals surface area contributed by atoms with Crippen LogP contribution in [0.2, 0.25) is 0 Å². The molecule has 0 bridgehead atoms. The molecule has 2 aromatic rings. The van der Waals surface area contributed by atoms with E-state index in [4.69, 9.17) is 9.47 Å². The first-order valence-corrected chi connectivity index (χ1v) is 9.98. The SMILES string of the molecule is CCOc1ccc(C(=O)NCC(=O)NCC(C)(C)c2ccccc2F)cc1OCC. The van der Waals surface area contributed by atoms with Crippen molar-refractivity contribution in [2.45, 2.75) is 33.1 Å². The van der Waals surface area contributed by atoms with Gasteiger partial charge in [0.05, 0.1) is 19.8 Å². The molecule has 0 saturated heterocycles. The molecule has 30 heavy (non-hydrogen) atoms. The summed E-state index contributed by atoms with van der Waals surface area (Å²) in [6, 6.07) is 11.3. The van der Waals surface area contributed by atoms with Gasteiger partial charge >= 0.3 is 0 Å². The Bertz CT molecular complexity index is 883. The molecule has 0 heterocycles. The minimum absolute atomic E-state index is 0.191. The van der Waals surface area contributed by atoms with E-state index in [9.17, 15) is 14.0 Å². The van der Waals surface area contributed by atoms with Crippen molar-refractivity contribution in [2.24, 2.45) is 0 Å². The summed E-state index contributed by atoms with van der Waals surface area (Å²) in [5.41, 5.74) is 0.292. The zero-order valence-electron chi connectivity index (χ0n) is 17.9. The number of halogens is 1. The van der Waals surface area contributed by atoms with Crippen molar-refractivity contribution in [2.75, 3.05) is 26.3 Å². The van der Waals surface area contributed by atoms with Gasteiger partial charge in [0.1, 0.15) is 5.82 Å². The zero-order valence-corrected chi connectivity index (χ0v) is 17.9. The average Bonchev–Trinajstić information content (AvgIpc) is 2.72. The van der Waals surface area contributed by atoms with Crippen LogP contribution in [-0.4, -0.2) is 38.1 Å².